The Labute approximate surface area is 204 Å². The van der Waals surface area contributed by atoms with Gasteiger partial charge in [0.25, 0.3) is 0 Å². The van der Waals surface area contributed by atoms with Gasteiger partial charge >= 0.3 is 12.2 Å². The summed E-state index contributed by atoms with van der Waals surface area (Å²) in [5, 5.41) is 11.6. The summed E-state index contributed by atoms with van der Waals surface area (Å²) >= 11 is 0. The zero-order valence-electron chi connectivity index (χ0n) is 18.8. The molecule has 0 radical (unpaired) electrons. The minimum absolute atomic E-state index is 0.217. The summed E-state index contributed by atoms with van der Waals surface area (Å²) in [5.41, 5.74) is 8.64. The van der Waals surface area contributed by atoms with E-state index in [1.54, 1.807) is 42.9 Å². The fourth-order valence-electron chi connectivity index (χ4n) is 3.26. The van der Waals surface area contributed by atoms with Crippen LogP contribution < -0.4 is 27.0 Å². The Hall–Kier alpha value is -4.80. The number of hydrogen-bond donors (Lipinski definition) is 5. The van der Waals surface area contributed by atoms with E-state index in [-0.39, 0.29) is 5.69 Å². The smallest absolute Gasteiger partial charge is 0.397 e. The third-order valence-corrected chi connectivity index (χ3v) is 5.07. The quantitative estimate of drug-likeness (QED) is 0.199. The average Bonchev–Trinajstić information content (AvgIpc) is 2.86. The summed E-state index contributed by atoms with van der Waals surface area (Å²) in [4.78, 5) is 20.8. The van der Waals surface area contributed by atoms with Crippen LogP contribution in [0, 0.1) is 0 Å². The number of nitrogens with zero attached hydrogens (tertiary/aromatic N) is 2. The zero-order valence-corrected chi connectivity index (χ0v) is 18.8. The van der Waals surface area contributed by atoms with Gasteiger partial charge in [-0.3, -0.25) is 4.98 Å². The second-order valence-corrected chi connectivity index (χ2v) is 7.69. The number of halogens is 3. The molecular weight excluding hydrogens is 471 g/mol. The van der Waals surface area contributed by atoms with Gasteiger partial charge in [-0.1, -0.05) is 0 Å². The van der Waals surface area contributed by atoms with Crippen LogP contribution in [-0.4, -0.2) is 16.0 Å². The van der Waals surface area contributed by atoms with E-state index in [1.165, 1.54) is 12.1 Å². The lowest BCUT2D eigenvalue weighted by Crippen LogP contribution is -2.19. The number of anilines is 6. The van der Waals surface area contributed by atoms with Crippen LogP contribution in [0.4, 0.5) is 52.2 Å². The van der Waals surface area contributed by atoms with Crippen LogP contribution >= 0.6 is 0 Å². The van der Waals surface area contributed by atoms with E-state index in [2.05, 4.69) is 31.2 Å². The van der Waals surface area contributed by atoms with Crippen molar-refractivity contribution in [3.05, 3.63) is 96.4 Å². The van der Waals surface area contributed by atoms with Crippen molar-refractivity contribution < 1.29 is 18.0 Å². The third-order valence-electron chi connectivity index (χ3n) is 5.07. The number of nitrogens with one attached hydrogen (secondary N) is 4. The van der Waals surface area contributed by atoms with E-state index < -0.39 is 17.8 Å². The molecule has 6 N–H and O–H groups in total. The standard InChI is InChI=1S/C25H22F3N7O/c26-25(27,28)17-3-5-18(6-4-17)33-24(36)34-19-7-8-20(29)22(14-19)35-21-2-1-11-31-23(21)32-15-16-9-12-30-13-10-16/h1-14,35H,15,29H2,(H,31,32)(H2,33,34,36). The van der Waals surface area contributed by atoms with Crippen LogP contribution in [0.2, 0.25) is 0 Å². The number of carbonyl (C=O) groups is 1. The molecule has 2 heterocycles. The Morgan fingerprint density at radius 1 is 0.861 bits per heavy atom. The molecule has 0 spiro atoms. The minimum Gasteiger partial charge on any atom is -0.397 e. The molecule has 4 rings (SSSR count). The van der Waals surface area contributed by atoms with Gasteiger partial charge in [-0.25, -0.2) is 9.78 Å². The maximum atomic E-state index is 12.7. The van der Waals surface area contributed by atoms with Crippen molar-refractivity contribution in [2.24, 2.45) is 0 Å². The summed E-state index contributed by atoms with van der Waals surface area (Å²) < 4.78 is 38.1. The molecule has 0 saturated heterocycles. The number of carbonyl (C=O) groups excluding carboxylic acids is 1. The first-order valence-electron chi connectivity index (χ1n) is 10.8. The van der Waals surface area contributed by atoms with Gasteiger partial charge in [-0.05, 0) is 72.3 Å². The number of hydrogen-bond acceptors (Lipinski definition) is 6. The maximum Gasteiger partial charge on any atom is 0.416 e. The van der Waals surface area contributed by atoms with Crippen molar-refractivity contribution in [2.75, 3.05) is 27.0 Å². The lowest BCUT2D eigenvalue weighted by atomic mass is 10.2. The minimum atomic E-state index is -4.45. The van der Waals surface area contributed by atoms with Gasteiger partial charge in [0.05, 0.1) is 22.6 Å². The average molecular weight is 493 g/mol. The molecular formula is C25H22F3N7O. The van der Waals surface area contributed by atoms with Crippen molar-refractivity contribution in [2.45, 2.75) is 12.7 Å². The first-order valence-corrected chi connectivity index (χ1v) is 10.8. The van der Waals surface area contributed by atoms with Gasteiger partial charge in [-0.15, -0.1) is 0 Å². The first kappa shape index (κ1) is 24.3. The second kappa shape index (κ2) is 10.6. The highest BCUT2D eigenvalue weighted by atomic mass is 19.4. The number of amides is 2. The summed E-state index contributed by atoms with van der Waals surface area (Å²) in [6.45, 7) is 0.537. The molecule has 0 saturated carbocycles. The van der Waals surface area contributed by atoms with E-state index in [0.717, 1.165) is 17.7 Å². The molecule has 4 aromatic rings. The number of urea groups is 1. The number of alkyl halides is 3. The molecule has 8 nitrogen and oxygen atoms in total. The molecule has 0 atom stereocenters. The number of nitrogen functional groups attached to an aromatic ring is 1. The molecule has 0 fully saturated rings. The molecule has 36 heavy (non-hydrogen) atoms. The number of benzene rings is 2. The molecule has 184 valence electrons. The van der Waals surface area contributed by atoms with E-state index in [0.29, 0.717) is 35.1 Å². The van der Waals surface area contributed by atoms with Crippen LogP contribution in [-0.2, 0) is 12.7 Å². The lowest BCUT2D eigenvalue weighted by Gasteiger charge is -2.16. The zero-order chi connectivity index (χ0) is 25.5. The van der Waals surface area contributed by atoms with Crippen molar-refractivity contribution in [1.82, 2.24) is 9.97 Å². The van der Waals surface area contributed by atoms with E-state index >= 15 is 0 Å². The summed E-state index contributed by atoms with van der Waals surface area (Å²) in [6.07, 6.45) is 0.632. The normalized spacial score (nSPS) is 11.0. The van der Waals surface area contributed by atoms with Gasteiger partial charge in [-0.2, -0.15) is 13.2 Å². The second-order valence-electron chi connectivity index (χ2n) is 7.69. The van der Waals surface area contributed by atoms with Crippen LogP contribution in [0.5, 0.6) is 0 Å². The summed E-state index contributed by atoms with van der Waals surface area (Å²) in [5.74, 6) is 0.604. The number of pyridine rings is 2. The van der Waals surface area contributed by atoms with Crippen molar-refractivity contribution in [3.8, 4) is 0 Å². The Bertz CT molecular complexity index is 1330. The molecule has 0 unspecified atom stereocenters. The fraction of sp³-hybridized carbons (Fsp3) is 0.0800. The number of aromatic nitrogens is 2. The van der Waals surface area contributed by atoms with Crippen LogP contribution in [0.15, 0.2) is 85.3 Å². The monoisotopic (exact) mass is 493 g/mol. The highest BCUT2D eigenvalue weighted by Gasteiger charge is 2.30. The van der Waals surface area contributed by atoms with Gasteiger partial charge in [0, 0.05) is 36.5 Å². The molecule has 0 bridgehead atoms. The van der Waals surface area contributed by atoms with Crippen molar-refractivity contribution >= 4 is 40.3 Å². The highest BCUT2D eigenvalue weighted by molar-refractivity contribution is 6.00. The van der Waals surface area contributed by atoms with Gasteiger partial charge in [0.1, 0.15) is 5.82 Å². The SMILES string of the molecule is Nc1ccc(NC(=O)Nc2ccc(C(F)(F)F)cc2)cc1Nc1cccnc1NCc1ccncc1. The third kappa shape index (κ3) is 6.41. The first-order chi connectivity index (χ1) is 17.3. The van der Waals surface area contributed by atoms with Gasteiger partial charge < -0.3 is 27.0 Å². The number of nitrogens with two attached hydrogens (primary N) is 1. The van der Waals surface area contributed by atoms with Crippen LogP contribution in [0.3, 0.4) is 0 Å². The molecule has 2 aromatic carbocycles. The Kier molecular flexibility index (Phi) is 7.19. The lowest BCUT2D eigenvalue weighted by molar-refractivity contribution is -0.137. The highest BCUT2D eigenvalue weighted by Crippen LogP contribution is 2.31. The molecule has 11 heteroatoms. The van der Waals surface area contributed by atoms with Gasteiger partial charge in [0.2, 0.25) is 0 Å². The van der Waals surface area contributed by atoms with E-state index in [9.17, 15) is 18.0 Å². The molecule has 0 aliphatic heterocycles. The summed E-state index contributed by atoms with van der Waals surface area (Å²) in [6, 6.07) is 15.8. The Morgan fingerprint density at radius 3 is 2.28 bits per heavy atom. The predicted molar refractivity (Wildman–Crippen MR) is 134 cm³/mol. The van der Waals surface area contributed by atoms with Crippen LogP contribution in [0.25, 0.3) is 0 Å². The van der Waals surface area contributed by atoms with E-state index in [4.69, 9.17) is 5.73 Å². The Balaban J connectivity index is 1.42. The molecule has 0 aliphatic rings. The Morgan fingerprint density at radius 2 is 1.56 bits per heavy atom. The molecule has 2 aromatic heterocycles. The largest absolute Gasteiger partial charge is 0.416 e. The molecule has 2 amide bonds. The van der Waals surface area contributed by atoms with Crippen molar-refractivity contribution in [3.63, 3.8) is 0 Å². The summed E-state index contributed by atoms with van der Waals surface area (Å²) in [7, 11) is 0. The number of rotatable bonds is 7. The van der Waals surface area contributed by atoms with E-state index in [1.807, 2.05) is 18.2 Å². The maximum absolute atomic E-state index is 12.7. The molecule has 0 aliphatic carbocycles. The topological polar surface area (TPSA) is 117 Å². The van der Waals surface area contributed by atoms with Crippen molar-refractivity contribution in [1.29, 1.82) is 0 Å². The van der Waals surface area contributed by atoms with Gasteiger partial charge in [0.15, 0.2) is 0 Å². The fourth-order valence-corrected chi connectivity index (χ4v) is 3.26. The van der Waals surface area contributed by atoms with Crippen LogP contribution in [0.1, 0.15) is 11.1 Å². The predicted octanol–water partition coefficient (Wildman–Crippen LogP) is 6.08.